The predicted octanol–water partition coefficient (Wildman–Crippen LogP) is 5.11. The van der Waals surface area contributed by atoms with Gasteiger partial charge >= 0.3 is 0 Å². The van der Waals surface area contributed by atoms with Crippen molar-refractivity contribution in [1.82, 2.24) is 19.9 Å². The molecule has 3 aromatic heterocycles. The average molecular weight is 445 g/mol. The molecule has 4 aromatic rings. The zero-order valence-corrected chi connectivity index (χ0v) is 18.8. The number of amides is 1. The third-order valence-corrected chi connectivity index (χ3v) is 5.54. The molecule has 0 bridgehead atoms. The molecule has 0 atom stereocenters. The summed E-state index contributed by atoms with van der Waals surface area (Å²) in [6.07, 6.45) is 2.85. The van der Waals surface area contributed by atoms with E-state index >= 15 is 0 Å². The van der Waals surface area contributed by atoms with Crippen molar-refractivity contribution < 1.29 is 4.79 Å². The van der Waals surface area contributed by atoms with E-state index in [4.69, 9.17) is 4.98 Å². The lowest BCUT2D eigenvalue weighted by atomic mass is 10.1. The van der Waals surface area contributed by atoms with E-state index in [9.17, 15) is 4.79 Å². The van der Waals surface area contributed by atoms with E-state index in [0.29, 0.717) is 25.3 Å². The van der Waals surface area contributed by atoms with Crippen molar-refractivity contribution in [2.75, 3.05) is 17.2 Å². The quantitative estimate of drug-likeness (QED) is 0.367. The molecule has 0 radical (unpaired) electrons. The Hall–Kier alpha value is -3.65. The lowest BCUT2D eigenvalue weighted by Crippen LogP contribution is -2.14. The molecule has 0 saturated heterocycles. The Kier molecular flexibility index (Phi) is 6.81. The number of anilines is 2. The molecular weight excluding hydrogens is 420 g/mol. The topological polar surface area (TPSA) is 92.7 Å². The molecule has 32 heavy (non-hydrogen) atoms. The number of nitrogens with zero attached hydrogens (tertiary/aromatic N) is 4. The van der Waals surface area contributed by atoms with Gasteiger partial charge in [0.15, 0.2) is 0 Å². The molecule has 2 N–H and O–H groups in total. The third kappa shape index (κ3) is 5.73. The van der Waals surface area contributed by atoms with Crippen LogP contribution in [0.25, 0.3) is 22.0 Å². The van der Waals surface area contributed by atoms with E-state index in [1.54, 1.807) is 17.5 Å². The van der Waals surface area contributed by atoms with Crippen LogP contribution in [0.1, 0.15) is 24.2 Å². The predicted molar refractivity (Wildman–Crippen MR) is 129 cm³/mol. The van der Waals surface area contributed by atoms with Crippen LogP contribution in [0.2, 0.25) is 0 Å². The van der Waals surface area contributed by atoms with Crippen LogP contribution in [-0.4, -0.2) is 32.4 Å². The van der Waals surface area contributed by atoms with Crippen molar-refractivity contribution in [3.8, 4) is 22.0 Å². The van der Waals surface area contributed by atoms with Gasteiger partial charge in [-0.25, -0.2) is 15.0 Å². The fourth-order valence-corrected chi connectivity index (χ4v) is 4.05. The van der Waals surface area contributed by atoms with E-state index in [2.05, 4.69) is 25.6 Å². The molecule has 0 aliphatic carbocycles. The van der Waals surface area contributed by atoms with E-state index in [0.717, 1.165) is 39.0 Å². The molecule has 1 aromatic carbocycles. The number of pyridine rings is 1. The maximum absolute atomic E-state index is 12.4. The first-order chi connectivity index (χ1) is 15.6. The standard InChI is InChI=1S/C24H24N6OS/c1-16-13-17(2)28-24(27-16)26-12-6-10-22(31)29-19-8-5-7-18(14-19)21-15-32-23(30-21)20-9-3-4-11-25-20/h3-5,7-9,11,13-15H,6,10,12H2,1-2H3,(H,29,31)(H,26,27,28). The lowest BCUT2D eigenvalue weighted by molar-refractivity contribution is -0.116. The minimum atomic E-state index is -0.0299. The van der Waals surface area contributed by atoms with Crippen LogP contribution in [0.5, 0.6) is 0 Å². The molecule has 0 aliphatic heterocycles. The summed E-state index contributed by atoms with van der Waals surface area (Å²) in [5, 5.41) is 9.03. The van der Waals surface area contributed by atoms with Gasteiger partial charge in [0.2, 0.25) is 11.9 Å². The highest BCUT2D eigenvalue weighted by Gasteiger charge is 2.09. The summed E-state index contributed by atoms with van der Waals surface area (Å²) in [4.78, 5) is 30.1. The molecule has 0 aliphatic rings. The first-order valence-electron chi connectivity index (χ1n) is 10.4. The number of carbonyl (C=O) groups excluding carboxylic acids is 1. The minimum absolute atomic E-state index is 0.0299. The Labute approximate surface area is 191 Å². The molecule has 4 rings (SSSR count). The van der Waals surface area contributed by atoms with Gasteiger partial charge in [0.1, 0.15) is 5.01 Å². The Morgan fingerprint density at radius 2 is 1.81 bits per heavy atom. The van der Waals surface area contributed by atoms with Gasteiger partial charge in [-0.1, -0.05) is 18.2 Å². The minimum Gasteiger partial charge on any atom is -0.354 e. The second-order valence-electron chi connectivity index (χ2n) is 7.39. The second kappa shape index (κ2) is 10.1. The maximum atomic E-state index is 12.4. The molecule has 0 spiro atoms. The Morgan fingerprint density at radius 3 is 2.59 bits per heavy atom. The van der Waals surface area contributed by atoms with Gasteiger partial charge < -0.3 is 10.6 Å². The summed E-state index contributed by atoms with van der Waals surface area (Å²) < 4.78 is 0. The number of benzene rings is 1. The summed E-state index contributed by atoms with van der Waals surface area (Å²) in [5.41, 5.74) is 5.27. The summed E-state index contributed by atoms with van der Waals surface area (Å²) in [5.74, 6) is 0.571. The highest BCUT2D eigenvalue weighted by Crippen LogP contribution is 2.29. The van der Waals surface area contributed by atoms with Gasteiger partial charge in [0.05, 0.1) is 11.4 Å². The van der Waals surface area contributed by atoms with Gasteiger partial charge in [-0.05, 0) is 50.6 Å². The van der Waals surface area contributed by atoms with Crippen LogP contribution in [0.15, 0.2) is 60.1 Å². The number of aromatic nitrogens is 4. The summed E-state index contributed by atoms with van der Waals surface area (Å²) in [7, 11) is 0. The zero-order chi connectivity index (χ0) is 22.3. The third-order valence-electron chi connectivity index (χ3n) is 4.68. The van der Waals surface area contributed by atoms with Crippen molar-refractivity contribution in [2.45, 2.75) is 26.7 Å². The highest BCUT2D eigenvalue weighted by molar-refractivity contribution is 7.13. The molecule has 0 unspecified atom stereocenters. The highest BCUT2D eigenvalue weighted by atomic mass is 32.1. The van der Waals surface area contributed by atoms with E-state index in [1.165, 1.54) is 0 Å². The van der Waals surface area contributed by atoms with Gasteiger partial charge in [0.25, 0.3) is 0 Å². The molecule has 162 valence electrons. The zero-order valence-electron chi connectivity index (χ0n) is 18.0. The molecule has 8 heteroatoms. The van der Waals surface area contributed by atoms with Crippen LogP contribution >= 0.6 is 11.3 Å². The Bertz CT molecular complexity index is 1190. The van der Waals surface area contributed by atoms with E-state index in [-0.39, 0.29) is 5.91 Å². The van der Waals surface area contributed by atoms with Gasteiger partial charge in [0, 0.05) is 47.2 Å². The summed E-state index contributed by atoms with van der Waals surface area (Å²) >= 11 is 1.55. The number of thiazole rings is 1. The second-order valence-corrected chi connectivity index (χ2v) is 8.24. The van der Waals surface area contributed by atoms with Crippen LogP contribution in [0.4, 0.5) is 11.6 Å². The number of nitrogens with one attached hydrogen (secondary N) is 2. The van der Waals surface area contributed by atoms with Gasteiger partial charge in [-0.15, -0.1) is 11.3 Å². The number of rotatable bonds is 8. The first kappa shape index (κ1) is 21.6. The Morgan fingerprint density at radius 1 is 0.969 bits per heavy atom. The molecular formula is C24H24N6OS. The summed E-state index contributed by atoms with van der Waals surface area (Å²) in [6.45, 7) is 4.50. The van der Waals surface area contributed by atoms with E-state index < -0.39 is 0 Å². The van der Waals surface area contributed by atoms with Crippen molar-refractivity contribution in [2.24, 2.45) is 0 Å². The fourth-order valence-electron chi connectivity index (χ4n) is 3.25. The molecule has 0 saturated carbocycles. The van der Waals surface area contributed by atoms with Crippen molar-refractivity contribution >= 4 is 28.9 Å². The average Bonchev–Trinajstić information content (AvgIpc) is 3.27. The Balaban J connectivity index is 1.31. The van der Waals surface area contributed by atoms with E-state index in [1.807, 2.05) is 67.8 Å². The molecule has 0 fully saturated rings. The normalized spacial score (nSPS) is 10.7. The first-order valence-corrected chi connectivity index (χ1v) is 11.3. The van der Waals surface area contributed by atoms with Gasteiger partial charge in [-0.3, -0.25) is 9.78 Å². The molecule has 1 amide bonds. The monoisotopic (exact) mass is 444 g/mol. The van der Waals surface area contributed by atoms with Crippen LogP contribution in [0, 0.1) is 13.8 Å². The lowest BCUT2D eigenvalue weighted by Gasteiger charge is -2.08. The van der Waals surface area contributed by atoms with Crippen LogP contribution < -0.4 is 10.6 Å². The summed E-state index contributed by atoms with van der Waals surface area (Å²) in [6, 6.07) is 15.4. The van der Waals surface area contributed by atoms with Crippen molar-refractivity contribution in [1.29, 1.82) is 0 Å². The number of hydrogen-bond donors (Lipinski definition) is 2. The smallest absolute Gasteiger partial charge is 0.224 e. The largest absolute Gasteiger partial charge is 0.354 e. The van der Waals surface area contributed by atoms with Crippen LogP contribution in [-0.2, 0) is 4.79 Å². The van der Waals surface area contributed by atoms with Crippen molar-refractivity contribution in [3.63, 3.8) is 0 Å². The molecule has 3 heterocycles. The molecule has 7 nitrogen and oxygen atoms in total. The van der Waals surface area contributed by atoms with Gasteiger partial charge in [-0.2, -0.15) is 0 Å². The number of hydrogen-bond acceptors (Lipinski definition) is 7. The number of carbonyl (C=O) groups is 1. The van der Waals surface area contributed by atoms with Crippen molar-refractivity contribution in [3.05, 3.63) is 71.5 Å². The fraction of sp³-hybridized carbons (Fsp3) is 0.208. The maximum Gasteiger partial charge on any atom is 0.224 e. The number of aryl methyl sites for hydroxylation is 2. The van der Waals surface area contributed by atoms with Crippen LogP contribution in [0.3, 0.4) is 0 Å². The SMILES string of the molecule is Cc1cc(C)nc(NCCCC(=O)Nc2cccc(-c3csc(-c4ccccn4)n3)c2)n1.